The fourth-order valence-corrected chi connectivity index (χ4v) is 8.16. The SMILES string of the molecule is CCC/C=C\C/C=C\CCCCCCCC(=O)OC(COCCCCCCCCCC/C=C\C/C=C\CCCCC)COC(=O)CCCCCCCCCCC/C=C\CCCCCCCC. The van der Waals surface area contributed by atoms with Crippen molar-refractivity contribution in [3.05, 3.63) is 60.8 Å². The summed E-state index contributed by atoms with van der Waals surface area (Å²) in [4.78, 5) is 25.5. The molecule has 0 saturated heterocycles. The first-order chi connectivity index (χ1) is 32.6. The van der Waals surface area contributed by atoms with Crippen LogP contribution < -0.4 is 0 Å². The number of hydrogen-bond donors (Lipinski definition) is 0. The average Bonchev–Trinajstić information content (AvgIpc) is 3.32. The van der Waals surface area contributed by atoms with Gasteiger partial charge in [0.2, 0.25) is 0 Å². The fourth-order valence-electron chi connectivity index (χ4n) is 8.16. The van der Waals surface area contributed by atoms with Gasteiger partial charge in [0.25, 0.3) is 0 Å². The van der Waals surface area contributed by atoms with Gasteiger partial charge in [0.15, 0.2) is 6.10 Å². The van der Waals surface area contributed by atoms with E-state index in [1.54, 1.807) is 0 Å². The molecule has 1 atom stereocenters. The Bertz CT molecular complexity index is 1130. The van der Waals surface area contributed by atoms with Crippen LogP contribution in [0.15, 0.2) is 60.8 Å². The first-order valence-corrected chi connectivity index (χ1v) is 28.8. The number of carbonyl (C=O) groups excluding carboxylic acids is 2. The van der Waals surface area contributed by atoms with Crippen molar-refractivity contribution in [2.45, 2.75) is 297 Å². The standard InChI is InChI=1S/C61H110O5/c1-4-7-10-13-16-19-22-25-27-29-31-32-34-37-39-42-45-48-51-54-60(62)65-58-59(66-61(63)55-52-49-46-43-40-36-24-21-18-15-12-9-6-3)57-64-56-53-50-47-44-41-38-35-33-30-28-26-23-20-17-14-11-8-5-2/h12,15,17,20-21,24-28,59H,4-11,13-14,16,18-19,22-23,29-58H2,1-3H3/b15-12-,20-17-,24-21-,27-25-,28-26-. The minimum atomic E-state index is -0.548. The number of hydrogen-bond acceptors (Lipinski definition) is 5. The van der Waals surface area contributed by atoms with E-state index in [0.29, 0.717) is 19.4 Å². The molecule has 5 nitrogen and oxygen atoms in total. The van der Waals surface area contributed by atoms with Crippen molar-refractivity contribution < 1.29 is 23.8 Å². The third-order valence-electron chi connectivity index (χ3n) is 12.5. The van der Waals surface area contributed by atoms with Crippen molar-refractivity contribution in [1.29, 1.82) is 0 Å². The Morgan fingerprint density at radius 1 is 0.333 bits per heavy atom. The molecular formula is C61H110O5. The fraction of sp³-hybridized carbons (Fsp3) is 0.803. The van der Waals surface area contributed by atoms with Gasteiger partial charge in [-0.3, -0.25) is 9.59 Å². The third-order valence-corrected chi connectivity index (χ3v) is 12.5. The molecule has 1 unspecified atom stereocenters. The van der Waals surface area contributed by atoms with E-state index in [1.165, 1.54) is 193 Å². The smallest absolute Gasteiger partial charge is 0.306 e. The molecule has 0 bridgehead atoms. The molecule has 66 heavy (non-hydrogen) atoms. The van der Waals surface area contributed by atoms with Gasteiger partial charge in [0.05, 0.1) is 6.61 Å². The molecule has 0 aromatic heterocycles. The van der Waals surface area contributed by atoms with E-state index in [1.807, 2.05) is 0 Å². The summed E-state index contributed by atoms with van der Waals surface area (Å²) in [5.41, 5.74) is 0. The van der Waals surface area contributed by atoms with Crippen LogP contribution in [0.3, 0.4) is 0 Å². The average molecular weight is 924 g/mol. The lowest BCUT2D eigenvalue weighted by atomic mass is 10.1. The van der Waals surface area contributed by atoms with Crippen LogP contribution in [0.1, 0.15) is 290 Å². The van der Waals surface area contributed by atoms with Gasteiger partial charge in [-0.2, -0.15) is 0 Å². The molecule has 0 rings (SSSR count). The number of rotatable bonds is 53. The highest BCUT2D eigenvalue weighted by Crippen LogP contribution is 2.15. The van der Waals surface area contributed by atoms with Gasteiger partial charge in [-0.05, 0) is 103 Å². The van der Waals surface area contributed by atoms with E-state index < -0.39 is 6.10 Å². The molecule has 0 N–H and O–H groups in total. The second-order valence-electron chi connectivity index (χ2n) is 19.2. The molecule has 0 spiro atoms. The highest BCUT2D eigenvalue weighted by molar-refractivity contribution is 5.70. The van der Waals surface area contributed by atoms with Crippen LogP contribution in [0, 0.1) is 0 Å². The molecule has 0 radical (unpaired) electrons. The molecule has 5 heteroatoms. The Morgan fingerprint density at radius 2 is 0.667 bits per heavy atom. The van der Waals surface area contributed by atoms with Crippen LogP contribution in [-0.4, -0.2) is 37.9 Å². The van der Waals surface area contributed by atoms with Crippen LogP contribution in [0.25, 0.3) is 0 Å². The van der Waals surface area contributed by atoms with Gasteiger partial charge in [-0.25, -0.2) is 0 Å². The van der Waals surface area contributed by atoms with E-state index in [-0.39, 0.29) is 25.2 Å². The Balaban J connectivity index is 4.25. The summed E-state index contributed by atoms with van der Waals surface area (Å²) in [6.07, 6.45) is 72.4. The normalized spacial score (nSPS) is 12.6. The van der Waals surface area contributed by atoms with E-state index in [2.05, 4.69) is 81.5 Å². The van der Waals surface area contributed by atoms with E-state index >= 15 is 0 Å². The highest BCUT2D eigenvalue weighted by Gasteiger charge is 2.17. The van der Waals surface area contributed by atoms with Crippen molar-refractivity contribution in [3.8, 4) is 0 Å². The maximum absolute atomic E-state index is 12.8. The van der Waals surface area contributed by atoms with Gasteiger partial charge in [-0.1, -0.05) is 236 Å². The summed E-state index contributed by atoms with van der Waals surface area (Å²) in [5, 5.41) is 0. The summed E-state index contributed by atoms with van der Waals surface area (Å²) >= 11 is 0. The predicted octanol–water partition coefficient (Wildman–Crippen LogP) is 19.7. The molecule has 384 valence electrons. The monoisotopic (exact) mass is 923 g/mol. The summed E-state index contributed by atoms with van der Waals surface area (Å²) in [6.45, 7) is 7.74. The number of ether oxygens (including phenoxy) is 3. The van der Waals surface area contributed by atoms with Crippen molar-refractivity contribution >= 4 is 11.9 Å². The lowest BCUT2D eigenvalue weighted by molar-refractivity contribution is -0.163. The number of esters is 2. The lowest BCUT2D eigenvalue weighted by Gasteiger charge is -2.18. The van der Waals surface area contributed by atoms with Crippen LogP contribution in [0.5, 0.6) is 0 Å². The minimum absolute atomic E-state index is 0.0768. The molecule has 0 aliphatic carbocycles. The van der Waals surface area contributed by atoms with Crippen molar-refractivity contribution in [1.82, 2.24) is 0 Å². The zero-order chi connectivity index (χ0) is 47.7. The maximum atomic E-state index is 12.8. The van der Waals surface area contributed by atoms with Crippen LogP contribution in [0.4, 0.5) is 0 Å². The van der Waals surface area contributed by atoms with Crippen molar-refractivity contribution in [2.75, 3.05) is 19.8 Å². The highest BCUT2D eigenvalue weighted by atomic mass is 16.6. The summed E-state index contributed by atoms with van der Waals surface area (Å²) < 4.78 is 17.5. The van der Waals surface area contributed by atoms with E-state index in [9.17, 15) is 9.59 Å². The van der Waals surface area contributed by atoms with Gasteiger partial charge in [0, 0.05) is 19.4 Å². The molecule has 0 fully saturated rings. The lowest BCUT2D eigenvalue weighted by Crippen LogP contribution is -2.30. The first kappa shape index (κ1) is 63.6. The summed E-state index contributed by atoms with van der Waals surface area (Å²) in [7, 11) is 0. The quantitative estimate of drug-likeness (QED) is 0.0346. The van der Waals surface area contributed by atoms with Gasteiger partial charge in [0.1, 0.15) is 6.61 Å². The molecule has 0 heterocycles. The molecular weight excluding hydrogens is 813 g/mol. The first-order valence-electron chi connectivity index (χ1n) is 28.8. The van der Waals surface area contributed by atoms with E-state index in [4.69, 9.17) is 14.2 Å². The maximum Gasteiger partial charge on any atom is 0.306 e. The van der Waals surface area contributed by atoms with Crippen molar-refractivity contribution in [2.24, 2.45) is 0 Å². The van der Waals surface area contributed by atoms with Crippen LogP contribution in [-0.2, 0) is 23.8 Å². The molecule has 0 aromatic carbocycles. The largest absolute Gasteiger partial charge is 0.462 e. The predicted molar refractivity (Wildman–Crippen MR) is 288 cm³/mol. The van der Waals surface area contributed by atoms with Gasteiger partial charge < -0.3 is 14.2 Å². The number of unbranched alkanes of at least 4 members (excludes halogenated alkanes) is 32. The van der Waals surface area contributed by atoms with Gasteiger partial charge >= 0.3 is 11.9 Å². The summed E-state index contributed by atoms with van der Waals surface area (Å²) in [5.74, 6) is -0.409. The van der Waals surface area contributed by atoms with E-state index in [0.717, 1.165) is 64.2 Å². The van der Waals surface area contributed by atoms with Crippen LogP contribution in [0.2, 0.25) is 0 Å². The second kappa shape index (κ2) is 56.9. The van der Waals surface area contributed by atoms with Crippen molar-refractivity contribution in [3.63, 3.8) is 0 Å². The zero-order valence-electron chi connectivity index (χ0n) is 44.2. The number of carbonyl (C=O) groups is 2. The topological polar surface area (TPSA) is 61.8 Å². The zero-order valence-corrected chi connectivity index (χ0v) is 44.2. The number of allylic oxidation sites excluding steroid dienone is 10. The van der Waals surface area contributed by atoms with Gasteiger partial charge in [-0.15, -0.1) is 0 Å². The third kappa shape index (κ3) is 54.2. The Morgan fingerprint density at radius 3 is 1.11 bits per heavy atom. The Labute approximate surface area is 411 Å². The summed E-state index contributed by atoms with van der Waals surface area (Å²) in [6, 6.07) is 0. The Hall–Kier alpha value is -2.40. The molecule has 0 aromatic rings. The molecule has 0 aliphatic heterocycles. The molecule has 0 saturated carbocycles. The second-order valence-corrected chi connectivity index (χ2v) is 19.2. The molecule has 0 amide bonds. The molecule has 0 aliphatic rings. The minimum Gasteiger partial charge on any atom is -0.462 e. The Kier molecular flexibility index (Phi) is 54.9. The van der Waals surface area contributed by atoms with Crippen LogP contribution >= 0.6 is 0 Å².